The van der Waals surface area contributed by atoms with Gasteiger partial charge in [0, 0.05) is 21.0 Å². The largest absolute Gasteiger partial charge is 0.298 e. The van der Waals surface area contributed by atoms with Crippen LogP contribution < -0.4 is 5.32 Å². The number of benzene rings is 2. The minimum absolute atomic E-state index is 0.165. The smallest absolute Gasteiger partial charge is 0.257 e. The zero-order valence-corrected chi connectivity index (χ0v) is 15.4. The second kappa shape index (κ2) is 6.43. The van der Waals surface area contributed by atoms with E-state index in [1.165, 1.54) is 22.7 Å². The van der Waals surface area contributed by atoms with Crippen molar-refractivity contribution in [1.29, 1.82) is 0 Å². The Balaban J connectivity index is 1.54. The molecule has 0 aliphatic carbocycles. The molecule has 4 rings (SSSR count). The third-order valence-corrected chi connectivity index (χ3v) is 5.54. The van der Waals surface area contributed by atoms with Crippen LogP contribution >= 0.6 is 38.6 Å². The molecule has 0 bridgehead atoms. The third-order valence-electron chi connectivity index (χ3n) is 3.46. The maximum absolute atomic E-state index is 12.4. The Morgan fingerprint density at radius 1 is 1.08 bits per heavy atom. The van der Waals surface area contributed by atoms with Gasteiger partial charge in [-0.3, -0.25) is 10.1 Å². The number of aromatic nitrogens is 2. The van der Waals surface area contributed by atoms with E-state index in [1.807, 2.05) is 41.8 Å². The Labute approximate surface area is 154 Å². The van der Waals surface area contributed by atoms with E-state index < -0.39 is 0 Å². The highest BCUT2D eigenvalue weighted by Crippen LogP contribution is 2.27. The summed E-state index contributed by atoms with van der Waals surface area (Å²) < 4.78 is 2.02. The van der Waals surface area contributed by atoms with Gasteiger partial charge in [-0.1, -0.05) is 28.1 Å². The summed E-state index contributed by atoms with van der Waals surface area (Å²) >= 11 is 6.35. The molecular formula is C17H10BrN3OS2. The first-order valence-corrected chi connectivity index (χ1v) is 9.60. The summed E-state index contributed by atoms with van der Waals surface area (Å²) in [7, 11) is 0. The summed E-state index contributed by atoms with van der Waals surface area (Å²) in [5.74, 6) is -0.165. The Hall–Kier alpha value is -2.09. The first-order valence-electron chi connectivity index (χ1n) is 7.05. The summed E-state index contributed by atoms with van der Waals surface area (Å²) in [6.45, 7) is 0. The number of nitrogens with zero attached hydrogens (tertiary/aromatic N) is 2. The molecule has 0 aliphatic rings. The number of halogens is 1. The number of rotatable bonds is 3. The van der Waals surface area contributed by atoms with Crippen LogP contribution in [0.15, 0.2) is 57.8 Å². The third kappa shape index (κ3) is 3.10. The quantitative estimate of drug-likeness (QED) is 0.484. The van der Waals surface area contributed by atoms with Gasteiger partial charge in [-0.2, -0.15) is 0 Å². The van der Waals surface area contributed by atoms with Gasteiger partial charge < -0.3 is 0 Å². The lowest BCUT2D eigenvalue weighted by molar-refractivity contribution is 0.102. The lowest BCUT2D eigenvalue weighted by Gasteiger charge is -2.01. The minimum atomic E-state index is -0.165. The number of anilines is 1. The highest BCUT2D eigenvalue weighted by Gasteiger charge is 2.11. The summed E-state index contributed by atoms with van der Waals surface area (Å²) in [5.41, 5.74) is 5.15. The summed E-state index contributed by atoms with van der Waals surface area (Å²) in [6.07, 6.45) is 0. The predicted molar refractivity (Wildman–Crippen MR) is 103 cm³/mol. The van der Waals surface area contributed by atoms with E-state index in [0.29, 0.717) is 10.7 Å². The minimum Gasteiger partial charge on any atom is -0.298 e. The van der Waals surface area contributed by atoms with Crippen molar-refractivity contribution < 1.29 is 4.79 Å². The average molecular weight is 416 g/mol. The molecule has 0 saturated heterocycles. The highest BCUT2D eigenvalue weighted by molar-refractivity contribution is 9.10. The monoisotopic (exact) mass is 415 g/mol. The van der Waals surface area contributed by atoms with Crippen LogP contribution in [-0.4, -0.2) is 15.9 Å². The van der Waals surface area contributed by atoms with Crippen molar-refractivity contribution in [1.82, 2.24) is 9.97 Å². The standard InChI is InChI=1S/C17H10BrN3OS2/c18-12-4-1-10(2-5-12)14-8-23-17(20-14)21-16(22)11-3-6-13-15(7-11)24-9-19-13/h1-9H,(H,20,21,22). The summed E-state index contributed by atoms with van der Waals surface area (Å²) in [5, 5.41) is 5.38. The van der Waals surface area contributed by atoms with E-state index in [4.69, 9.17) is 0 Å². The number of amides is 1. The van der Waals surface area contributed by atoms with E-state index in [9.17, 15) is 4.79 Å². The number of hydrogen-bond acceptors (Lipinski definition) is 5. The van der Waals surface area contributed by atoms with Crippen LogP contribution in [0.5, 0.6) is 0 Å². The highest BCUT2D eigenvalue weighted by atomic mass is 79.9. The molecule has 24 heavy (non-hydrogen) atoms. The molecule has 4 nitrogen and oxygen atoms in total. The second-order valence-electron chi connectivity index (χ2n) is 5.03. The van der Waals surface area contributed by atoms with Crippen molar-refractivity contribution in [3.63, 3.8) is 0 Å². The van der Waals surface area contributed by atoms with Crippen molar-refractivity contribution in [2.24, 2.45) is 0 Å². The zero-order valence-electron chi connectivity index (χ0n) is 12.2. The SMILES string of the molecule is O=C(Nc1nc(-c2ccc(Br)cc2)cs1)c1ccc2ncsc2c1. The van der Waals surface area contributed by atoms with E-state index in [0.717, 1.165) is 25.9 Å². The van der Waals surface area contributed by atoms with E-state index in [2.05, 4.69) is 31.2 Å². The first-order chi connectivity index (χ1) is 11.7. The molecule has 0 unspecified atom stereocenters. The van der Waals surface area contributed by atoms with Gasteiger partial charge in [-0.25, -0.2) is 9.97 Å². The maximum atomic E-state index is 12.4. The number of carbonyl (C=O) groups excluding carboxylic acids is 1. The van der Waals surface area contributed by atoms with Gasteiger partial charge in [0.25, 0.3) is 5.91 Å². The van der Waals surface area contributed by atoms with Gasteiger partial charge in [0.1, 0.15) is 0 Å². The first kappa shape index (κ1) is 15.4. The Morgan fingerprint density at radius 2 is 1.92 bits per heavy atom. The number of carbonyl (C=O) groups is 1. The van der Waals surface area contributed by atoms with Crippen molar-refractivity contribution in [2.45, 2.75) is 0 Å². The molecule has 0 aliphatic heterocycles. The Morgan fingerprint density at radius 3 is 2.75 bits per heavy atom. The van der Waals surface area contributed by atoms with Crippen molar-refractivity contribution in [3.8, 4) is 11.3 Å². The van der Waals surface area contributed by atoms with Gasteiger partial charge in [0.2, 0.25) is 0 Å². The van der Waals surface area contributed by atoms with E-state index in [1.54, 1.807) is 11.6 Å². The van der Waals surface area contributed by atoms with E-state index in [-0.39, 0.29) is 5.91 Å². The van der Waals surface area contributed by atoms with Crippen LogP contribution in [0.4, 0.5) is 5.13 Å². The molecule has 0 fully saturated rings. The molecular weight excluding hydrogens is 406 g/mol. The van der Waals surface area contributed by atoms with Gasteiger partial charge in [-0.05, 0) is 30.3 Å². The molecule has 2 heterocycles. The maximum Gasteiger partial charge on any atom is 0.257 e. The molecule has 118 valence electrons. The van der Waals surface area contributed by atoms with Crippen LogP contribution in [0.3, 0.4) is 0 Å². The van der Waals surface area contributed by atoms with Crippen molar-refractivity contribution >= 4 is 59.9 Å². The van der Waals surface area contributed by atoms with Crippen LogP contribution in [0, 0.1) is 0 Å². The molecule has 0 radical (unpaired) electrons. The fourth-order valence-corrected chi connectivity index (χ4v) is 3.95. The fraction of sp³-hybridized carbons (Fsp3) is 0. The molecule has 1 amide bonds. The number of nitrogens with one attached hydrogen (secondary N) is 1. The Kier molecular flexibility index (Phi) is 4.13. The average Bonchev–Trinajstić information content (AvgIpc) is 3.24. The Bertz CT molecular complexity index is 1020. The molecule has 1 N–H and O–H groups in total. The predicted octanol–water partition coefficient (Wildman–Crippen LogP) is 5.43. The topological polar surface area (TPSA) is 54.9 Å². The van der Waals surface area contributed by atoms with Crippen LogP contribution in [0.2, 0.25) is 0 Å². The van der Waals surface area contributed by atoms with Gasteiger partial charge in [0.15, 0.2) is 5.13 Å². The lowest BCUT2D eigenvalue weighted by Crippen LogP contribution is -2.11. The summed E-state index contributed by atoms with van der Waals surface area (Å²) in [6, 6.07) is 13.4. The molecule has 0 saturated carbocycles. The molecule has 0 atom stereocenters. The number of hydrogen-bond donors (Lipinski definition) is 1. The number of thiazole rings is 2. The zero-order chi connectivity index (χ0) is 16.5. The van der Waals surface area contributed by atoms with Gasteiger partial charge >= 0.3 is 0 Å². The van der Waals surface area contributed by atoms with Crippen LogP contribution in [0.1, 0.15) is 10.4 Å². The second-order valence-corrected chi connectivity index (χ2v) is 7.69. The van der Waals surface area contributed by atoms with E-state index >= 15 is 0 Å². The molecule has 0 spiro atoms. The van der Waals surface area contributed by atoms with Gasteiger partial charge in [-0.15, -0.1) is 22.7 Å². The molecule has 7 heteroatoms. The van der Waals surface area contributed by atoms with Gasteiger partial charge in [0.05, 0.1) is 21.4 Å². The number of fused-ring (bicyclic) bond motifs is 1. The molecule has 4 aromatic rings. The fourth-order valence-electron chi connectivity index (χ4n) is 2.25. The van der Waals surface area contributed by atoms with Crippen molar-refractivity contribution in [2.75, 3.05) is 5.32 Å². The lowest BCUT2D eigenvalue weighted by atomic mass is 10.2. The molecule has 2 aromatic carbocycles. The van der Waals surface area contributed by atoms with Crippen molar-refractivity contribution in [3.05, 3.63) is 63.4 Å². The van der Waals surface area contributed by atoms with Crippen LogP contribution in [-0.2, 0) is 0 Å². The molecule has 2 aromatic heterocycles. The summed E-state index contributed by atoms with van der Waals surface area (Å²) in [4.78, 5) is 21.1. The van der Waals surface area contributed by atoms with Crippen LogP contribution in [0.25, 0.3) is 21.5 Å². The normalized spacial score (nSPS) is 10.9.